The number of hydrogen-bond acceptors (Lipinski definition) is 4. The highest BCUT2D eigenvalue weighted by Gasteiger charge is 2.31. The molecular weight excluding hydrogens is 332 g/mol. The van der Waals surface area contributed by atoms with Crippen LogP contribution in [-0.4, -0.2) is 40.7 Å². The van der Waals surface area contributed by atoms with Crippen molar-refractivity contribution in [3.05, 3.63) is 59.4 Å². The van der Waals surface area contributed by atoms with Crippen LogP contribution in [0.15, 0.2) is 36.7 Å². The molecule has 1 aromatic carbocycles. The molecule has 25 heavy (non-hydrogen) atoms. The number of methoxy groups -OCH3 is 1. The van der Waals surface area contributed by atoms with E-state index in [2.05, 4.69) is 9.84 Å². The van der Waals surface area contributed by atoms with Crippen molar-refractivity contribution in [2.75, 3.05) is 14.2 Å². The fourth-order valence-corrected chi connectivity index (χ4v) is 2.27. The first kappa shape index (κ1) is 18.3. The third-order valence-corrected chi connectivity index (χ3v) is 3.56. The Morgan fingerprint density at radius 2 is 2.08 bits per heavy atom. The number of esters is 1. The molecule has 1 heterocycles. The van der Waals surface area contributed by atoms with Gasteiger partial charge in [-0.15, -0.1) is 0 Å². The molecular formula is C17H17F2N3O3. The van der Waals surface area contributed by atoms with Crippen LogP contribution in [0.25, 0.3) is 6.08 Å². The Hall–Kier alpha value is -3.03. The van der Waals surface area contributed by atoms with Gasteiger partial charge in [0.1, 0.15) is 11.6 Å². The number of amides is 1. The van der Waals surface area contributed by atoms with Crippen molar-refractivity contribution >= 4 is 18.0 Å². The monoisotopic (exact) mass is 349 g/mol. The maximum atomic E-state index is 14.1. The molecule has 0 bridgehead atoms. The molecule has 0 saturated heterocycles. The van der Waals surface area contributed by atoms with Crippen molar-refractivity contribution in [3.63, 3.8) is 0 Å². The number of nitrogens with zero attached hydrogens (tertiary/aromatic N) is 3. The predicted molar refractivity (Wildman–Crippen MR) is 86.1 cm³/mol. The number of carbonyl (C=O) groups is 2. The number of aromatic nitrogens is 2. The van der Waals surface area contributed by atoms with Gasteiger partial charge in [-0.3, -0.25) is 9.48 Å². The minimum absolute atomic E-state index is 0.280. The molecule has 1 amide bonds. The van der Waals surface area contributed by atoms with Gasteiger partial charge >= 0.3 is 5.97 Å². The van der Waals surface area contributed by atoms with Gasteiger partial charge in [-0.05, 0) is 24.3 Å². The average molecular weight is 349 g/mol. The molecule has 1 aromatic heterocycles. The van der Waals surface area contributed by atoms with Crippen LogP contribution >= 0.6 is 0 Å². The summed E-state index contributed by atoms with van der Waals surface area (Å²) in [5.74, 6) is -3.00. The van der Waals surface area contributed by atoms with E-state index in [1.165, 1.54) is 19.2 Å². The van der Waals surface area contributed by atoms with Crippen molar-refractivity contribution < 1.29 is 23.1 Å². The molecule has 0 saturated carbocycles. The second-order valence-corrected chi connectivity index (χ2v) is 5.32. The second-order valence-electron chi connectivity index (χ2n) is 5.32. The molecule has 0 aliphatic rings. The Morgan fingerprint density at radius 3 is 2.68 bits per heavy atom. The molecule has 8 heteroatoms. The highest BCUT2D eigenvalue weighted by Crippen LogP contribution is 2.25. The minimum Gasteiger partial charge on any atom is -0.467 e. The summed E-state index contributed by atoms with van der Waals surface area (Å²) in [7, 11) is 4.14. The first-order valence-corrected chi connectivity index (χ1v) is 7.29. The zero-order valence-corrected chi connectivity index (χ0v) is 13.9. The quantitative estimate of drug-likeness (QED) is 0.612. The molecule has 0 aliphatic carbocycles. The Kier molecular flexibility index (Phi) is 5.63. The van der Waals surface area contributed by atoms with Crippen molar-refractivity contribution in [2.24, 2.45) is 7.05 Å². The van der Waals surface area contributed by atoms with E-state index in [0.29, 0.717) is 5.56 Å². The number of benzene rings is 1. The molecule has 0 fully saturated rings. The molecule has 0 spiro atoms. The Labute approximate surface area is 143 Å². The fourth-order valence-electron chi connectivity index (χ4n) is 2.27. The molecule has 2 aromatic rings. The molecule has 1 atom stereocenters. The fraction of sp³-hybridized carbons (Fsp3) is 0.235. The minimum atomic E-state index is -1.41. The van der Waals surface area contributed by atoms with E-state index in [1.54, 1.807) is 24.1 Å². The maximum absolute atomic E-state index is 14.1. The van der Waals surface area contributed by atoms with Crippen LogP contribution in [0.2, 0.25) is 0 Å². The molecule has 0 N–H and O–H groups in total. The van der Waals surface area contributed by atoms with Crippen LogP contribution in [-0.2, 0) is 21.4 Å². The van der Waals surface area contributed by atoms with Crippen LogP contribution in [0.5, 0.6) is 0 Å². The number of carbonyl (C=O) groups excluding carboxylic acids is 2. The van der Waals surface area contributed by atoms with Gasteiger partial charge in [0, 0.05) is 37.5 Å². The van der Waals surface area contributed by atoms with Crippen molar-refractivity contribution in [2.45, 2.75) is 6.04 Å². The van der Waals surface area contributed by atoms with Crippen LogP contribution in [0.3, 0.4) is 0 Å². The highest BCUT2D eigenvalue weighted by molar-refractivity contribution is 5.94. The average Bonchev–Trinajstić information content (AvgIpc) is 3.01. The molecule has 6 nitrogen and oxygen atoms in total. The first-order valence-electron chi connectivity index (χ1n) is 7.29. The van der Waals surface area contributed by atoms with Gasteiger partial charge in [0.05, 0.1) is 13.3 Å². The summed E-state index contributed by atoms with van der Waals surface area (Å²) in [6.45, 7) is 0. The molecule has 0 unspecified atom stereocenters. The summed E-state index contributed by atoms with van der Waals surface area (Å²) in [5.41, 5.74) is 0.397. The van der Waals surface area contributed by atoms with Crippen LogP contribution in [0, 0.1) is 11.6 Å². The van der Waals surface area contributed by atoms with Gasteiger partial charge in [0.15, 0.2) is 6.04 Å². The lowest BCUT2D eigenvalue weighted by atomic mass is 10.0. The summed E-state index contributed by atoms with van der Waals surface area (Å²) >= 11 is 0. The van der Waals surface area contributed by atoms with Crippen LogP contribution in [0.4, 0.5) is 8.78 Å². The SMILES string of the molecule is COC(=O)[C@H](c1cc(F)ccc1F)N(C)C(=O)/C=C\c1cnn(C)c1. The summed E-state index contributed by atoms with van der Waals surface area (Å²) in [5, 5.41) is 3.96. The first-order chi connectivity index (χ1) is 11.8. The maximum Gasteiger partial charge on any atom is 0.333 e. The standard InChI is InChI=1S/C17H17F2N3O3/c1-21-10-11(9-20-21)4-7-15(23)22(2)16(17(24)25-3)13-8-12(18)5-6-14(13)19/h4-10,16H,1-3H3/b7-4-/t16-/m0/s1. The van der Waals surface area contributed by atoms with Crippen molar-refractivity contribution in [1.29, 1.82) is 0 Å². The normalized spacial score (nSPS) is 12.2. The number of halogens is 2. The van der Waals surface area contributed by atoms with Gasteiger partial charge < -0.3 is 9.64 Å². The zero-order valence-electron chi connectivity index (χ0n) is 13.9. The van der Waals surface area contributed by atoms with Crippen molar-refractivity contribution in [1.82, 2.24) is 14.7 Å². The van der Waals surface area contributed by atoms with Crippen LogP contribution < -0.4 is 0 Å². The summed E-state index contributed by atoms with van der Waals surface area (Å²) in [4.78, 5) is 25.4. The lowest BCUT2D eigenvalue weighted by molar-refractivity contribution is -0.150. The van der Waals surface area contributed by atoms with Gasteiger partial charge in [-0.25, -0.2) is 13.6 Å². The van der Waals surface area contributed by atoms with Crippen LogP contribution in [0.1, 0.15) is 17.2 Å². The number of hydrogen-bond donors (Lipinski definition) is 0. The molecule has 132 valence electrons. The van der Waals surface area contributed by atoms with E-state index in [-0.39, 0.29) is 5.56 Å². The van der Waals surface area contributed by atoms with E-state index in [9.17, 15) is 18.4 Å². The third-order valence-electron chi connectivity index (χ3n) is 3.56. The Bertz CT molecular complexity index is 817. The number of rotatable bonds is 5. The zero-order chi connectivity index (χ0) is 18.6. The second kappa shape index (κ2) is 7.69. The largest absolute Gasteiger partial charge is 0.467 e. The van der Waals surface area contributed by atoms with E-state index >= 15 is 0 Å². The van der Waals surface area contributed by atoms with E-state index in [1.807, 2.05) is 0 Å². The Balaban J connectivity index is 2.30. The Morgan fingerprint density at radius 1 is 1.36 bits per heavy atom. The van der Waals surface area contributed by atoms with E-state index in [4.69, 9.17) is 0 Å². The summed E-state index contributed by atoms with van der Waals surface area (Å²) < 4.78 is 33.7. The third kappa shape index (κ3) is 4.28. The smallest absolute Gasteiger partial charge is 0.333 e. The lowest BCUT2D eigenvalue weighted by Crippen LogP contribution is -2.36. The van der Waals surface area contributed by atoms with Gasteiger partial charge in [0.25, 0.3) is 0 Å². The van der Waals surface area contributed by atoms with Crippen molar-refractivity contribution in [3.8, 4) is 0 Å². The molecule has 0 radical (unpaired) electrons. The number of ether oxygens (including phenoxy) is 1. The lowest BCUT2D eigenvalue weighted by Gasteiger charge is -2.25. The van der Waals surface area contributed by atoms with Gasteiger partial charge in [-0.2, -0.15) is 5.10 Å². The highest BCUT2D eigenvalue weighted by atomic mass is 19.1. The van der Waals surface area contributed by atoms with E-state index < -0.39 is 29.6 Å². The number of aryl methyl sites for hydroxylation is 1. The van der Waals surface area contributed by atoms with Gasteiger partial charge in [-0.1, -0.05) is 0 Å². The summed E-state index contributed by atoms with van der Waals surface area (Å²) in [6.07, 6.45) is 5.95. The molecule has 0 aliphatic heterocycles. The topological polar surface area (TPSA) is 64.4 Å². The van der Waals surface area contributed by atoms with E-state index in [0.717, 1.165) is 30.2 Å². The van der Waals surface area contributed by atoms with Gasteiger partial charge in [0.2, 0.25) is 5.91 Å². The summed E-state index contributed by atoms with van der Waals surface area (Å²) in [6, 6.07) is 1.28. The number of likely N-dealkylation sites (N-methyl/N-ethyl adjacent to an activating group) is 1. The predicted octanol–water partition coefficient (Wildman–Crippen LogP) is 2.08. The molecule has 2 rings (SSSR count).